The minimum Gasteiger partial charge on any atom is -0.493 e. The molecule has 0 N–H and O–H groups in total. The van der Waals surface area contributed by atoms with Crippen LogP contribution in [-0.4, -0.2) is 48.9 Å². The van der Waals surface area contributed by atoms with E-state index < -0.39 is 23.7 Å². The first kappa shape index (κ1) is 18.9. The SMILES string of the molecule is COc1cccc(/C=C2\SC(=O)N(CC(=O)OC(C)C)C2=O)c1OC. The standard InChI is InChI=1S/C17H19NO6S/c1-10(2)24-14(19)9-18-16(20)13(25-17(18)21)8-11-6-5-7-12(22-3)15(11)23-4/h5-8,10H,9H2,1-4H3/b13-8-. The van der Waals surface area contributed by atoms with Gasteiger partial charge in [0.25, 0.3) is 11.1 Å². The third kappa shape index (κ3) is 4.33. The van der Waals surface area contributed by atoms with E-state index in [2.05, 4.69) is 0 Å². The highest BCUT2D eigenvalue weighted by atomic mass is 32.2. The number of para-hydroxylation sites is 1. The lowest BCUT2D eigenvalue weighted by Gasteiger charge is -2.13. The number of benzene rings is 1. The van der Waals surface area contributed by atoms with Gasteiger partial charge in [-0.15, -0.1) is 0 Å². The Morgan fingerprint density at radius 1 is 1.24 bits per heavy atom. The van der Waals surface area contributed by atoms with Gasteiger partial charge in [-0.1, -0.05) is 12.1 Å². The molecule has 8 heteroatoms. The first-order valence-corrected chi connectivity index (χ1v) is 8.34. The maximum absolute atomic E-state index is 12.4. The monoisotopic (exact) mass is 365 g/mol. The lowest BCUT2D eigenvalue weighted by Crippen LogP contribution is -2.35. The van der Waals surface area contributed by atoms with E-state index >= 15 is 0 Å². The number of methoxy groups -OCH3 is 2. The minimum absolute atomic E-state index is 0.203. The molecule has 25 heavy (non-hydrogen) atoms. The number of thioether (sulfide) groups is 1. The van der Waals surface area contributed by atoms with Crippen molar-refractivity contribution in [2.24, 2.45) is 0 Å². The van der Waals surface area contributed by atoms with Crippen LogP contribution in [0, 0.1) is 0 Å². The molecule has 0 atom stereocenters. The van der Waals surface area contributed by atoms with E-state index in [1.807, 2.05) is 0 Å². The Bertz CT molecular complexity index is 728. The molecule has 1 aliphatic rings. The summed E-state index contributed by atoms with van der Waals surface area (Å²) in [7, 11) is 3.00. The molecule has 1 heterocycles. The molecular formula is C17H19NO6S. The average molecular weight is 365 g/mol. The van der Waals surface area contributed by atoms with Crippen LogP contribution in [0.15, 0.2) is 23.1 Å². The molecule has 1 fully saturated rings. The zero-order chi connectivity index (χ0) is 18.6. The van der Waals surface area contributed by atoms with Gasteiger partial charge in [-0.05, 0) is 37.8 Å². The number of rotatable bonds is 6. The minimum atomic E-state index is -0.627. The summed E-state index contributed by atoms with van der Waals surface area (Å²) in [6.07, 6.45) is 1.23. The molecule has 0 aromatic heterocycles. The van der Waals surface area contributed by atoms with Crippen molar-refractivity contribution < 1.29 is 28.6 Å². The largest absolute Gasteiger partial charge is 0.493 e. The zero-order valence-electron chi connectivity index (χ0n) is 14.4. The second-order valence-corrected chi connectivity index (χ2v) is 6.38. The van der Waals surface area contributed by atoms with E-state index in [1.165, 1.54) is 14.2 Å². The summed E-state index contributed by atoms with van der Waals surface area (Å²) in [5, 5.41) is -0.515. The third-order valence-corrected chi connectivity index (χ3v) is 4.16. The highest BCUT2D eigenvalue weighted by Gasteiger charge is 2.37. The average Bonchev–Trinajstić information content (AvgIpc) is 2.81. The van der Waals surface area contributed by atoms with E-state index in [9.17, 15) is 14.4 Å². The maximum atomic E-state index is 12.4. The molecule has 2 rings (SSSR count). The number of esters is 1. The fourth-order valence-corrected chi connectivity index (χ4v) is 3.06. The zero-order valence-corrected chi connectivity index (χ0v) is 15.2. The van der Waals surface area contributed by atoms with Gasteiger partial charge < -0.3 is 14.2 Å². The summed E-state index contributed by atoms with van der Waals surface area (Å²) in [5.41, 5.74) is 0.595. The second-order valence-electron chi connectivity index (χ2n) is 5.39. The highest BCUT2D eigenvalue weighted by molar-refractivity contribution is 8.18. The van der Waals surface area contributed by atoms with Gasteiger partial charge in [0.1, 0.15) is 6.54 Å². The number of ether oxygens (including phenoxy) is 3. The van der Waals surface area contributed by atoms with Gasteiger partial charge in [-0.3, -0.25) is 19.3 Å². The van der Waals surface area contributed by atoms with Crippen LogP contribution in [-0.2, 0) is 14.3 Å². The molecular weight excluding hydrogens is 346 g/mol. The molecule has 0 unspecified atom stereocenters. The molecule has 0 radical (unpaired) electrons. The van der Waals surface area contributed by atoms with Crippen LogP contribution in [0.2, 0.25) is 0 Å². The van der Waals surface area contributed by atoms with Crippen molar-refractivity contribution in [3.63, 3.8) is 0 Å². The van der Waals surface area contributed by atoms with E-state index in [0.29, 0.717) is 17.1 Å². The maximum Gasteiger partial charge on any atom is 0.326 e. The summed E-state index contributed by atoms with van der Waals surface area (Å²) >= 11 is 0.765. The lowest BCUT2D eigenvalue weighted by atomic mass is 10.1. The molecule has 1 aromatic rings. The number of hydrogen-bond acceptors (Lipinski definition) is 7. The van der Waals surface area contributed by atoms with Crippen LogP contribution in [0.25, 0.3) is 6.08 Å². The van der Waals surface area contributed by atoms with Crippen LogP contribution in [0.1, 0.15) is 19.4 Å². The Balaban J connectivity index is 2.25. The predicted octanol–water partition coefficient (Wildman–Crippen LogP) is 2.69. The molecule has 0 spiro atoms. The van der Waals surface area contributed by atoms with Crippen molar-refractivity contribution in [3.8, 4) is 11.5 Å². The van der Waals surface area contributed by atoms with E-state index in [4.69, 9.17) is 14.2 Å². The first-order valence-electron chi connectivity index (χ1n) is 7.53. The van der Waals surface area contributed by atoms with Crippen LogP contribution >= 0.6 is 11.8 Å². The highest BCUT2D eigenvalue weighted by Crippen LogP contribution is 2.37. The number of imide groups is 1. The van der Waals surface area contributed by atoms with Gasteiger partial charge in [-0.2, -0.15) is 0 Å². The molecule has 0 saturated carbocycles. The fourth-order valence-electron chi connectivity index (χ4n) is 2.23. The van der Waals surface area contributed by atoms with Crippen molar-refractivity contribution in [2.45, 2.75) is 20.0 Å². The topological polar surface area (TPSA) is 82.1 Å². The fraction of sp³-hybridized carbons (Fsp3) is 0.353. The molecule has 1 aliphatic heterocycles. The number of hydrogen-bond donors (Lipinski definition) is 0. The lowest BCUT2D eigenvalue weighted by molar-refractivity contribution is -0.149. The van der Waals surface area contributed by atoms with Crippen molar-refractivity contribution >= 4 is 35.0 Å². The Morgan fingerprint density at radius 3 is 2.56 bits per heavy atom. The summed E-state index contributed by atoms with van der Waals surface area (Å²) in [4.78, 5) is 37.3. The molecule has 1 saturated heterocycles. The van der Waals surface area contributed by atoms with E-state index in [-0.39, 0.29) is 11.0 Å². The Morgan fingerprint density at radius 2 is 1.96 bits per heavy atom. The number of amides is 2. The predicted molar refractivity (Wildman–Crippen MR) is 93.5 cm³/mol. The normalized spacial score (nSPS) is 15.9. The van der Waals surface area contributed by atoms with Gasteiger partial charge in [0.2, 0.25) is 0 Å². The van der Waals surface area contributed by atoms with Gasteiger partial charge in [0, 0.05) is 5.56 Å². The van der Waals surface area contributed by atoms with Crippen LogP contribution < -0.4 is 9.47 Å². The Kier molecular flexibility index (Phi) is 6.08. The van der Waals surface area contributed by atoms with E-state index in [1.54, 1.807) is 38.1 Å². The van der Waals surface area contributed by atoms with E-state index in [0.717, 1.165) is 16.7 Å². The molecule has 1 aromatic carbocycles. The van der Waals surface area contributed by atoms with Crippen LogP contribution in [0.4, 0.5) is 4.79 Å². The number of nitrogens with zero attached hydrogens (tertiary/aromatic N) is 1. The summed E-state index contributed by atoms with van der Waals surface area (Å²) in [6, 6.07) is 5.21. The molecule has 0 bridgehead atoms. The number of carbonyl (C=O) groups is 3. The summed E-state index contributed by atoms with van der Waals surface area (Å²) < 4.78 is 15.5. The van der Waals surface area contributed by atoms with Gasteiger partial charge >= 0.3 is 5.97 Å². The van der Waals surface area contributed by atoms with Crippen molar-refractivity contribution in [3.05, 3.63) is 28.7 Å². The summed E-state index contributed by atoms with van der Waals surface area (Å²) in [5.74, 6) is -0.204. The molecule has 0 aliphatic carbocycles. The van der Waals surface area contributed by atoms with Gasteiger partial charge in [0.15, 0.2) is 11.5 Å². The summed E-state index contributed by atoms with van der Waals surface area (Å²) in [6.45, 7) is 2.98. The van der Waals surface area contributed by atoms with Gasteiger partial charge in [-0.25, -0.2) is 0 Å². The molecule has 134 valence electrons. The van der Waals surface area contributed by atoms with Crippen molar-refractivity contribution in [1.29, 1.82) is 0 Å². The van der Waals surface area contributed by atoms with Crippen molar-refractivity contribution in [1.82, 2.24) is 4.90 Å². The smallest absolute Gasteiger partial charge is 0.326 e. The van der Waals surface area contributed by atoms with Crippen LogP contribution in [0.5, 0.6) is 11.5 Å². The van der Waals surface area contributed by atoms with Crippen molar-refractivity contribution in [2.75, 3.05) is 20.8 Å². The van der Waals surface area contributed by atoms with Gasteiger partial charge in [0.05, 0.1) is 25.2 Å². The Labute approximate surface area is 149 Å². The third-order valence-electron chi connectivity index (χ3n) is 3.25. The molecule has 2 amide bonds. The first-order chi connectivity index (χ1) is 11.9. The molecule has 7 nitrogen and oxygen atoms in total. The second kappa shape index (κ2) is 8.06. The quantitative estimate of drug-likeness (QED) is 0.566. The van der Waals surface area contributed by atoms with Crippen LogP contribution in [0.3, 0.4) is 0 Å². The Hall–Kier alpha value is -2.48. The number of carbonyl (C=O) groups excluding carboxylic acids is 3.